The van der Waals surface area contributed by atoms with Crippen molar-refractivity contribution in [3.05, 3.63) is 0 Å². The van der Waals surface area contributed by atoms with Gasteiger partial charge in [-0.15, -0.1) is 0 Å². The fraction of sp³-hybridized carbons (Fsp3) is 1.00. The smallest absolute Gasteiger partial charge is 0.00921 e. The molecule has 0 aromatic carbocycles. The summed E-state index contributed by atoms with van der Waals surface area (Å²) in [6, 6.07) is 0.740. The first-order chi connectivity index (χ1) is 6.65. The van der Waals surface area contributed by atoms with Crippen molar-refractivity contribution in [3.63, 3.8) is 0 Å². The third kappa shape index (κ3) is 5.64. The summed E-state index contributed by atoms with van der Waals surface area (Å²) < 4.78 is 0. The van der Waals surface area contributed by atoms with Crippen LogP contribution in [0.3, 0.4) is 0 Å². The molecule has 0 aliphatic rings. The van der Waals surface area contributed by atoms with Gasteiger partial charge >= 0.3 is 0 Å². The molecule has 0 radical (unpaired) electrons. The van der Waals surface area contributed by atoms with Gasteiger partial charge in [0.05, 0.1) is 0 Å². The minimum Gasteiger partial charge on any atom is -0.317 e. The Hall–Kier alpha value is -0.0400. The van der Waals surface area contributed by atoms with E-state index in [0.717, 1.165) is 17.9 Å². The molecule has 14 heavy (non-hydrogen) atoms. The number of nitrogens with one attached hydrogen (secondary N) is 1. The zero-order chi connectivity index (χ0) is 11.0. The van der Waals surface area contributed by atoms with Crippen molar-refractivity contribution in [3.8, 4) is 0 Å². The van der Waals surface area contributed by atoms with Crippen LogP contribution < -0.4 is 5.32 Å². The molecule has 1 nitrogen and oxygen atoms in total. The van der Waals surface area contributed by atoms with E-state index in [9.17, 15) is 0 Å². The molecule has 0 aliphatic carbocycles. The van der Waals surface area contributed by atoms with Crippen LogP contribution in [0.1, 0.15) is 59.8 Å². The molecule has 0 aromatic rings. The molecule has 0 fully saturated rings. The monoisotopic (exact) mass is 199 g/mol. The van der Waals surface area contributed by atoms with Gasteiger partial charge in [-0.25, -0.2) is 0 Å². The van der Waals surface area contributed by atoms with Gasteiger partial charge in [0.2, 0.25) is 0 Å². The van der Waals surface area contributed by atoms with E-state index in [4.69, 9.17) is 0 Å². The third-order valence-corrected chi connectivity index (χ3v) is 3.29. The molecule has 0 bridgehead atoms. The van der Waals surface area contributed by atoms with E-state index in [1.54, 1.807) is 0 Å². The third-order valence-electron chi connectivity index (χ3n) is 3.29. The van der Waals surface area contributed by atoms with Gasteiger partial charge < -0.3 is 5.32 Å². The van der Waals surface area contributed by atoms with Crippen molar-refractivity contribution in [2.45, 2.75) is 65.8 Å². The highest BCUT2D eigenvalue weighted by Crippen LogP contribution is 2.18. The number of rotatable bonds is 8. The quantitative estimate of drug-likeness (QED) is 0.626. The van der Waals surface area contributed by atoms with E-state index < -0.39 is 0 Å². The van der Waals surface area contributed by atoms with Crippen molar-refractivity contribution in [2.75, 3.05) is 7.05 Å². The van der Waals surface area contributed by atoms with Crippen LogP contribution in [-0.4, -0.2) is 13.1 Å². The summed E-state index contributed by atoms with van der Waals surface area (Å²) in [5.41, 5.74) is 0. The summed E-state index contributed by atoms with van der Waals surface area (Å²) in [6.07, 6.45) is 6.71. The molecule has 86 valence electrons. The predicted octanol–water partition coefficient (Wildman–Crippen LogP) is 3.84. The van der Waals surface area contributed by atoms with E-state index >= 15 is 0 Å². The second-order valence-corrected chi connectivity index (χ2v) is 4.80. The van der Waals surface area contributed by atoms with Gasteiger partial charge in [-0.3, -0.25) is 0 Å². The van der Waals surface area contributed by atoms with Crippen LogP contribution in [0.15, 0.2) is 0 Å². The molecule has 1 unspecified atom stereocenters. The Morgan fingerprint density at radius 3 is 1.93 bits per heavy atom. The van der Waals surface area contributed by atoms with Gasteiger partial charge in [-0.2, -0.15) is 0 Å². The van der Waals surface area contributed by atoms with E-state index in [1.807, 2.05) is 0 Å². The van der Waals surface area contributed by atoms with Crippen LogP contribution in [0.2, 0.25) is 0 Å². The maximum absolute atomic E-state index is 3.48. The highest BCUT2D eigenvalue weighted by molar-refractivity contribution is 4.73. The lowest BCUT2D eigenvalue weighted by Crippen LogP contribution is -2.33. The normalized spacial score (nSPS) is 13.9. The molecule has 0 spiro atoms. The van der Waals surface area contributed by atoms with Gasteiger partial charge in [-0.1, -0.05) is 53.4 Å². The molecule has 0 saturated heterocycles. The molecule has 0 saturated carbocycles. The van der Waals surface area contributed by atoms with E-state index in [1.165, 1.54) is 32.1 Å². The summed E-state index contributed by atoms with van der Waals surface area (Å²) in [5, 5.41) is 3.48. The second kappa shape index (κ2) is 8.28. The zero-order valence-electron chi connectivity index (χ0n) is 10.8. The summed E-state index contributed by atoms with van der Waals surface area (Å²) >= 11 is 0. The molecule has 0 amide bonds. The minimum atomic E-state index is 0.740. The summed E-state index contributed by atoms with van der Waals surface area (Å²) in [4.78, 5) is 0. The Labute approximate surface area is 90.7 Å². The lowest BCUT2D eigenvalue weighted by molar-refractivity contribution is 0.321. The molecule has 1 heteroatoms. The number of hydrogen-bond donors (Lipinski definition) is 1. The average molecular weight is 199 g/mol. The zero-order valence-corrected chi connectivity index (χ0v) is 10.8. The van der Waals surface area contributed by atoms with Crippen LogP contribution in [0.5, 0.6) is 0 Å². The lowest BCUT2D eigenvalue weighted by Gasteiger charge is -2.25. The molecule has 0 aromatic heterocycles. The van der Waals surface area contributed by atoms with Gasteiger partial charge in [0.25, 0.3) is 0 Å². The SMILES string of the molecule is CCC(CC)C(CCCC(C)C)NC. The van der Waals surface area contributed by atoms with Crippen molar-refractivity contribution >= 4 is 0 Å². The first-order valence-electron chi connectivity index (χ1n) is 6.32. The van der Waals surface area contributed by atoms with Crippen LogP contribution in [0, 0.1) is 11.8 Å². The summed E-state index contributed by atoms with van der Waals surface area (Å²) in [5.74, 6) is 1.72. The highest BCUT2D eigenvalue weighted by atomic mass is 14.9. The Morgan fingerprint density at radius 2 is 1.57 bits per heavy atom. The van der Waals surface area contributed by atoms with Gasteiger partial charge in [0, 0.05) is 6.04 Å². The first-order valence-corrected chi connectivity index (χ1v) is 6.32. The molecule has 0 aliphatic heterocycles. The van der Waals surface area contributed by atoms with Crippen LogP contribution in [-0.2, 0) is 0 Å². The van der Waals surface area contributed by atoms with E-state index in [2.05, 4.69) is 40.1 Å². The Balaban J connectivity index is 3.77. The topological polar surface area (TPSA) is 12.0 Å². The molecule has 0 heterocycles. The van der Waals surface area contributed by atoms with Crippen molar-refractivity contribution in [2.24, 2.45) is 11.8 Å². The Kier molecular flexibility index (Phi) is 8.26. The Morgan fingerprint density at radius 1 is 1.00 bits per heavy atom. The second-order valence-electron chi connectivity index (χ2n) is 4.80. The van der Waals surface area contributed by atoms with Crippen LogP contribution >= 0.6 is 0 Å². The fourth-order valence-electron chi connectivity index (χ4n) is 2.22. The standard InChI is InChI=1S/C13H29N/c1-6-12(7-2)13(14-5)10-8-9-11(3)4/h11-14H,6-10H2,1-5H3. The molecule has 0 rings (SSSR count). The van der Waals surface area contributed by atoms with Gasteiger partial charge in [-0.05, 0) is 25.3 Å². The van der Waals surface area contributed by atoms with Crippen LogP contribution in [0.4, 0.5) is 0 Å². The van der Waals surface area contributed by atoms with Gasteiger partial charge in [0.1, 0.15) is 0 Å². The maximum atomic E-state index is 3.48. The van der Waals surface area contributed by atoms with Crippen molar-refractivity contribution < 1.29 is 0 Å². The van der Waals surface area contributed by atoms with Crippen molar-refractivity contribution in [1.82, 2.24) is 5.32 Å². The first kappa shape index (κ1) is 14.0. The highest BCUT2D eigenvalue weighted by Gasteiger charge is 2.15. The molecular weight excluding hydrogens is 170 g/mol. The predicted molar refractivity (Wildman–Crippen MR) is 65.6 cm³/mol. The minimum absolute atomic E-state index is 0.740. The lowest BCUT2D eigenvalue weighted by atomic mass is 9.89. The van der Waals surface area contributed by atoms with Crippen molar-refractivity contribution in [1.29, 1.82) is 0 Å². The van der Waals surface area contributed by atoms with E-state index in [0.29, 0.717) is 0 Å². The molecule has 1 atom stereocenters. The van der Waals surface area contributed by atoms with Gasteiger partial charge in [0.15, 0.2) is 0 Å². The van der Waals surface area contributed by atoms with E-state index in [-0.39, 0.29) is 0 Å². The molecular formula is C13H29N. The summed E-state index contributed by atoms with van der Waals surface area (Å²) in [7, 11) is 2.11. The van der Waals surface area contributed by atoms with Crippen LogP contribution in [0.25, 0.3) is 0 Å². The maximum Gasteiger partial charge on any atom is 0.00921 e. The molecule has 1 N–H and O–H groups in total. The Bertz CT molecular complexity index is 116. The fourth-order valence-corrected chi connectivity index (χ4v) is 2.22. The average Bonchev–Trinajstić information content (AvgIpc) is 2.16. The number of hydrogen-bond acceptors (Lipinski definition) is 1. The summed E-state index contributed by atoms with van der Waals surface area (Å²) in [6.45, 7) is 9.24. The largest absolute Gasteiger partial charge is 0.317 e.